The second-order valence-corrected chi connectivity index (χ2v) is 7.22. The van der Waals surface area contributed by atoms with Gasteiger partial charge in [0.1, 0.15) is 0 Å². The largest absolute Gasteiger partial charge is 0.396 e. The van der Waals surface area contributed by atoms with Crippen molar-refractivity contribution in [2.45, 2.75) is 59.8 Å². The molecule has 15 heavy (non-hydrogen) atoms. The maximum absolute atomic E-state index is 9.32. The number of hydrogen-bond donors (Lipinski definition) is 1. The lowest BCUT2D eigenvalue weighted by Crippen LogP contribution is -2.30. The molecule has 0 amide bonds. The smallest absolute Gasteiger partial charge is 0.0487 e. The summed E-state index contributed by atoms with van der Waals surface area (Å²) in [5.74, 6) is 0.782. The molecular formula is C14H26O. The predicted molar refractivity (Wildman–Crippen MR) is 63.7 cm³/mol. The van der Waals surface area contributed by atoms with Crippen LogP contribution in [0.25, 0.3) is 0 Å². The van der Waals surface area contributed by atoms with Crippen molar-refractivity contribution in [2.75, 3.05) is 6.61 Å². The molecule has 3 atom stereocenters. The summed E-state index contributed by atoms with van der Waals surface area (Å²) in [5.41, 5.74) is 1.29. The first kappa shape index (κ1) is 11.4. The minimum atomic E-state index is 0.266. The Balaban J connectivity index is 2.01. The van der Waals surface area contributed by atoms with E-state index in [1.54, 1.807) is 0 Å². The van der Waals surface area contributed by atoms with Crippen LogP contribution in [0, 0.1) is 22.2 Å². The van der Waals surface area contributed by atoms with Crippen LogP contribution in [0.3, 0.4) is 0 Å². The second kappa shape index (κ2) is 3.23. The van der Waals surface area contributed by atoms with Gasteiger partial charge in [-0.25, -0.2) is 0 Å². The summed E-state index contributed by atoms with van der Waals surface area (Å²) in [7, 11) is 0. The Morgan fingerprint density at radius 1 is 1.13 bits per heavy atom. The van der Waals surface area contributed by atoms with Gasteiger partial charge < -0.3 is 5.11 Å². The van der Waals surface area contributed by atoms with Crippen LogP contribution >= 0.6 is 0 Å². The highest BCUT2D eigenvalue weighted by Crippen LogP contribution is 2.63. The topological polar surface area (TPSA) is 20.2 Å². The van der Waals surface area contributed by atoms with Gasteiger partial charge in [-0.3, -0.25) is 0 Å². The SMILES string of the molecule is CC1(CO)CC1CC1(C)CCCC1(C)C. The van der Waals surface area contributed by atoms with Crippen LogP contribution in [0.1, 0.15) is 59.8 Å². The molecule has 1 heteroatoms. The van der Waals surface area contributed by atoms with Gasteiger partial charge in [-0.1, -0.05) is 34.1 Å². The zero-order chi connectivity index (χ0) is 11.3. The van der Waals surface area contributed by atoms with E-state index in [1.807, 2.05) is 0 Å². The van der Waals surface area contributed by atoms with Gasteiger partial charge in [-0.05, 0) is 47.8 Å². The fourth-order valence-electron chi connectivity index (χ4n) is 3.50. The molecule has 0 saturated heterocycles. The fourth-order valence-corrected chi connectivity index (χ4v) is 3.50. The van der Waals surface area contributed by atoms with Crippen molar-refractivity contribution in [3.63, 3.8) is 0 Å². The quantitative estimate of drug-likeness (QED) is 0.754. The van der Waals surface area contributed by atoms with Crippen molar-refractivity contribution in [1.29, 1.82) is 0 Å². The second-order valence-electron chi connectivity index (χ2n) is 7.22. The van der Waals surface area contributed by atoms with Crippen LogP contribution < -0.4 is 0 Å². The number of aliphatic hydroxyl groups is 1. The van der Waals surface area contributed by atoms with E-state index >= 15 is 0 Å². The number of hydrogen-bond acceptors (Lipinski definition) is 1. The first-order valence-electron chi connectivity index (χ1n) is 6.44. The number of aliphatic hydroxyl groups excluding tert-OH is 1. The molecule has 2 aliphatic carbocycles. The lowest BCUT2D eigenvalue weighted by Gasteiger charge is -2.39. The maximum atomic E-state index is 9.32. The highest BCUT2D eigenvalue weighted by atomic mass is 16.3. The van der Waals surface area contributed by atoms with E-state index in [0.29, 0.717) is 17.4 Å². The van der Waals surface area contributed by atoms with Gasteiger partial charge in [0.05, 0.1) is 0 Å². The standard InChI is InChI=1S/C14H26O/c1-12(2)6-5-7-14(12,4)9-11-8-13(11,3)10-15/h11,15H,5-10H2,1-4H3. The Labute approximate surface area is 94.3 Å². The Hall–Kier alpha value is -0.0400. The zero-order valence-electron chi connectivity index (χ0n) is 10.8. The Morgan fingerprint density at radius 3 is 2.20 bits per heavy atom. The highest BCUT2D eigenvalue weighted by Gasteiger charge is 2.55. The molecule has 0 heterocycles. The van der Waals surface area contributed by atoms with Crippen LogP contribution in [0.4, 0.5) is 0 Å². The molecule has 1 N–H and O–H groups in total. The highest BCUT2D eigenvalue weighted by molar-refractivity contribution is 5.05. The summed E-state index contributed by atoms with van der Waals surface area (Å²) >= 11 is 0. The summed E-state index contributed by atoms with van der Waals surface area (Å²) in [5, 5.41) is 9.32. The zero-order valence-corrected chi connectivity index (χ0v) is 10.8. The lowest BCUT2D eigenvalue weighted by atomic mass is 9.66. The summed E-state index contributed by atoms with van der Waals surface area (Å²) in [6.07, 6.45) is 6.74. The molecule has 0 radical (unpaired) electrons. The van der Waals surface area contributed by atoms with Crippen molar-refractivity contribution in [1.82, 2.24) is 0 Å². The van der Waals surface area contributed by atoms with Gasteiger partial charge >= 0.3 is 0 Å². The van der Waals surface area contributed by atoms with Gasteiger partial charge in [0.2, 0.25) is 0 Å². The van der Waals surface area contributed by atoms with E-state index < -0.39 is 0 Å². The minimum Gasteiger partial charge on any atom is -0.396 e. The van der Waals surface area contributed by atoms with Crippen LogP contribution in [-0.2, 0) is 0 Å². The van der Waals surface area contributed by atoms with Crippen molar-refractivity contribution in [2.24, 2.45) is 22.2 Å². The van der Waals surface area contributed by atoms with Crippen molar-refractivity contribution >= 4 is 0 Å². The summed E-state index contributed by atoms with van der Waals surface area (Å²) < 4.78 is 0. The van der Waals surface area contributed by atoms with Crippen LogP contribution in [0.5, 0.6) is 0 Å². The molecule has 0 bridgehead atoms. The van der Waals surface area contributed by atoms with Crippen molar-refractivity contribution in [3.05, 3.63) is 0 Å². The first-order chi connectivity index (χ1) is 6.83. The number of rotatable bonds is 3. The van der Waals surface area contributed by atoms with E-state index in [0.717, 1.165) is 5.92 Å². The summed E-state index contributed by atoms with van der Waals surface area (Å²) in [4.78, 5) is 0. The van der Waals surface area contributed by atoms with Gasteiger partial charge in [0, 0.05) is 6.61 Å². The van der Waals surface area contributed by atoms with Crippen LogP contribution in [0.2, 0.25) is 0 Å². The monoisotopic (exact) mass is 210 g/mol. The molecular weight excluding hydrogens is 184 g/mol. The first-order valence-corrected chi connectivity index (χ1v) is 6.44. The lowest BCUT2D eigenvalue weighted by molar-refractivity contribution is 0.0991. The molecule has 0 aliphatic heterocycles. The van der Waals surface area contributed by atoms with Gasteiger partial charge in [-0.2, -0.15) is 0 Å². The molecule has 3 unspecified atom stereocenters. The average Bonchev–Trinajstić information content (AvgIpc) is 2.68. The van der Waals surface area contributed by atoms with Crippen molar-refractivity contribution < 1.29 is 5.11 Å². The molecule has 0 spiro atoms. The summed E-state index contributed by atoms with van der Waals surface area (Å²) in [6.45, 7) is 9.95. The fraction of sp³-hybridized carbons (Fsp3) is 1.00. The van der Waals surface area contributed by atoms with E-state index in [2.05, 4.69) is 27.7 Å². The Morgan fingerprint density at radius 2 is 1.80 bits per heavy atom. The van der Waals surface area contributed by atoms with E-state index in [1.165, 1.54) is 32.1 Å². The minimum absolute atomic E-state index is 0.266. The molecule has 0 aromatic rings. The van der Waals surface area contributed by atoms with Crippen LogP contribution in [0.15, 0.2) is 0 Å². The third-order valence-corrected chi connectivity index (χ3v) is 5.76. The van der Waals surface area contributed by atoms with Gasteiger partial charge in [0.15, 0.2) is 0 Å². The molecule has 1 nitrogen and oxygen atoms in total. The molecule has 2 rings (SSSR count). The molecule has 2 saturated carbocycles. The van der Waals surface area contributed by atoms with Gasteiger partial charge in [0.25, 0.3) is 0 Å². The van der Waals surface area contributed by atoms with Gasteiger partial charge in [-0.15, -0.1) is 0 Å². The molecule has 0 aromatic carbocycles. The van der Waals surface area contributed by atoms with E-state index in [-0.39, 0.29) is 5.41 Å². The third-order valence-electron chi connectivity index (χ3n) is 5.76. The van der Waals surface area contributed by atoms with Crippen molar-refractivity contribution in [3.8, 4) is 0 Å². The third kappa shape index (κ3) is 1.73. The Bertz CT molecular complexity index is 258. The normalized spacial score (nSPS) is 48.2. The van der Waals surface area contributed by atoms with Crippen LogP contribution in [-0.4, -0.2) is 11.7 Å². The predicted octanol–water partition coefficient (Wildman–Crippen LogP) is 3.61. The maximum Gasteiger partial charge on any atom is 0.0487 e. The van der Waals surface area contributed by atoms with E-state index in [4.69, 9.17) is 0 Å². The Kier molecular flexibility index (Phi) is 2.46. The van der Waals surface area contributed by atoms with E-state index in [9.17, 15) is 5.11 Å². The average molecular weight is 210 g/mol. The summed E-state index contributed by atoms with van der Waals surface area (Å²) in [6, 6.07) is 0. The molecule has 0 aromatic heterocycles. The molecule has 2 fully saturated rings. The molecule has 88 valence electrons. The molecule has 2 aliphatic rings.